The van der Waals surface area contributed by atoms with E-state index in [0.717, 1.165) is 61.1 Å². The van der Waals surface area contributed by atoms with Gasteiger partial charge in [-0.1, -0.05) is 12.1 Å². The molecule has 0 bridgehead atoms. The van der Waals surface area contributed by atoms with E-state index in [9.17, 15) is 4.79 Å². The summed E-state index contributed by atoms with van der Waals surface area (Å²) < 4.78 is 11.0. The van der Waals surface area contributed by atoms with Gasteiger partial charge < -0.3 is 9.15 Å². The van der Waals surface area contributed by atoms with Crippen LogP contribution < -0.4 is 10.4 Å². The second-order valence-corrected chi connectivity index (χ2v) is 7.97. The summed E-state index contributed by atoms with van der Waals surface area (Å²) in [4.78, 5) is 14.7. The smallest absolute Gasteiger partial charge is 0.336 e. The van der Waals surface area contributed by atoms with Crippen LogP contribution in [0.1, 0.15) is 47.6 Å². The molecule has 1 aromatic heterocycles. The summed E-state index contributed by atoms with van der Waals surface area (Å²) in [6.07, 6.45) is 5.69. The van der Waals surface area contributed by atoms with Crippen molar-refractivity contribution in [2.75, 3.05) is 13.7 Å². The third kappa shape index (κ3) is 3.12. The number of fused-ring (bicyclic) bond motifs is 2. The first-order valence-corrected chi connectivity index (χ1v) is 10.2. The van der Waals surface area contributed by atoms with Crippen molar-refractivity contribution in [3.05, 3.63) is 75.1 Å². The minimum absolute atomic E-state index is 0.252. The fraction of sp³-hybridized carbons (Fsp3) is 0.375. The zero-order valence-electron chi connectivity index (χ0n) is 16.2. The van der Waals surface area contributed by atoms with Crippen LogP contribution >= 0.6 is 0 Å². The Hall–Kier alpha value is -2.59. The van der Waals surface area contributed by atoms with E-state index in [1.807, 2.05) is 6.07 Å². The van der Waals surface area contributed by atoms with Crippen molar-refractivity contribution in [3.63, 3.8) is 0 Å². The summed E-state index contributed by atoms with van der Waals surface area (Å²) >= 11 is 0. The molecule has 144 valence electrons. The van der Waals surface area contributed by atoms with Crippen molar-refractivity contribution in [1.82, 2.24) is 4.90 Å². The number of hydrogen-bond donors (Lipinski definition) is 0. The molecule has 2 heterocycles. The molecule has 0 spiro atoms. The molecule has 2 aromatic carbocycles. The van der Waals surface area contributed by atoms with E-state index >= 15 is 0 Å². The molecule has 0 N–H and O–H groups in total. The van der Waals surface area contributed by atoms with Crippen molar-refractivity contribution in [2.45, 2.75) is 44.7 Å². The standard InChI is InChI=1S/C24H25NO3/c1-27-20-8-3-7-18(11-20)22-9-4-10-25(22)15-19-14-24(26)28-23-13-17-6-2-5-16(17)12-21(19)23/h3,7-8,11-14,22H,2,4-6,9-10,15H2,1H3. The van der Waals surface area contributed by atoms with Crippen LogP contribution in [0.15, 0.2) is 51.7 Å². The van der Waals surface area contributed by atoms with Crippen molar-refractivity contribution >= 4 is 11.0 Å². The average Bonchev–Trinajstić information content (AvgIpc) is 3.35. The number of benzene rings is 2. The van der Waals surface area contributed by atoms with Crippen molar-refractivity contribution in [2.24, 2.45) is 0 Å². The van der Waals surface area contributed by atoms with Gasteiger partial charge in [0, 0.05) is 24.0 Å². The fourth-order valence-corrected chi connectivity index (χ4v) is 4.89. The lowest BCUT2D eigenvalue weighted by molar-refractivity contribution is 0.248. The largest absolute Gasteiger partial charge is 0.497 e. The van der Waals surface area contributed by atoms with Crippen LogP contribution in [0.25, 0.3) is 11.0 Å². The molecule has 0 amide bonds. The lowest BCUT2D eigenvalue weighted by Crippen LogP contribution is -2.23. The normalized spacial score (nSPS) is 19.2. The van der Waals surface area contributed by atoms with Gasteiger partial charge in [-0.25, -0.2) is 4.79 Å². The first-order chi connectivity index (χ1) is 13.7. The summed E-state index contributed by atoms with van der Waals surface area (Å²) in [5.41, 5.74) is 5.59. The van der Waals surface area contributed by atoms with Gasteiger partial charge in [-0.3, -0.25) is 4.90 Å². The number of rotatable bonds is 4. The average molecular weight is 375 g/mol. The highest BCUT2D eigenvalue weighted by molar-refractivity contribution is 5.82. The molecule has 28 heavy (non-hydrogen) atoms. The highest BCUT2D eigenvalue weighted by Crippen LogP contribution is 2.36. The molecule has 1 aliphatic carbocycles. The number of hydrogen-bond acceptors (Lipinski definition) is 4. The van der Waals surface area contributed by atoms with Gasteiger partial charge in [-0.15, -0.1) is 0 Å². The Morgan fingerprint density at radius 1 is 1.11 bits per heavy atom. The minimum Gasteiger partial charge on any atom is -0.497 e. The second kappa shape index (κ2) is 7.10. The molecule has 1 fully saturated rings. The topological polar surface area (TPSA) is 42.7 Å². The van der Waals surface area contributed by atoms with E-state index in [2.05, 4.69) is 35.2 Å². The van der Waals surface area contributed by atoms with Gasteiger partial charge in [-0.05, 0) is 85.2 Å². The lowest BCUT2D eigenvalue weighted by Gasteiger charge is -2.25. The van der Waals surface area contributed by atoms with E-state index < -0.39 is 0 Å². The van der Waals surface area contributed by atoms with Gasteiger partial charge in [0.15, 0.2) is 0 Å². The Morgan fingerprint density at radius 2 is 1.96 bits per heavy atom. The van der Waals surface area contributed by atoms with Crippen molar-refractivity contribution < 1.29 is 9.15 Å². The first-order valence-electron chi connectivity index (χ1n) is 10.2. The van der Waals surface area contributed by atoms with Gasteiger partial charge in [0.2, 0.25) is 0 Å². The Kier molecular flexibility index (Phi) is 4.44. The molecule has 1 unspecified atom stereocenters. The Bertz CT molecular complexity index is 1080. The van der Waals surface area contributed by atoms with Crippen LogP contribution in [0.3, 0.4) is 0 Å². The molecule has 1 aliphatic heterocycles. The van der Waals surface area contributed by atoms with Crippen LogP contribution in [-0.2, 0) is 19.4 Å². The van der Waals surface area contributed by atoms with Crippen LogP contribution in [0.4, 0.5) is 0 Å². The van der Waals surface area contributed by atoms with Gasteiger partial charge in [0.1, 0.15) is 11.3 Å². The zero-order chi connectivity index (χ0) is 19.1. The molecule has 0 radical (unpaired) electrons. The molecule has 4 nitrogen and oxygen atoms in total. The van der Waals surface area contributed by atoms with E-state index in [-0.39, 0.29) is 5.63 Å². The Labute approximate surface area is 164 Å². The first kappa shape index (κ1) is 17.5. The fourth-order valence-electron chi connectivity index (χ4n) is 4.89. The molecule has 1 atom stereocenters. The summed E-state index contributed by atoms with van der Waals surface area (Å²) in [5, 5.41) is 1.09. The van der Waals surface area contributed by atoms with Crippen LogP contribution in [0.5, 0.6) is 5.75 Å². The summed E-state index contributed by atoms with van der Waals surface area (Å²) in [7, 11) is 1.71. The maximum Gasteiger partial charge on any atom is 0.336 e. The number of ether oxygens (including phenoxy) is 1. The molecule has 0 saturated carbocycles. The third-order valence-corrected chi connectivity index (χ3v) is 6.26. The van der Waals surface area contributed by atoms with Gasteiger partial charge >= 0.3 is 5.63 Å². The molecule has 1 saturated heterocycles. The maximum absolute atomic E-state index is 12.2. The SMILES string of the molecule is COc1cccc(C2CCCN2Cc2cc(=O)oc3cc4c(cc23)CCC4)c1. The van der Waals surface area contributed by atoms with Crippen LogP contribution in [0, 0.1) is 0 Å². The number of likely N-dealkylation sites (tertiary alicyclic amines) is 1. The molecule has 3 aromatic rings. The third-order valence-electron chi connectivity index (χ3n) is 6.26. The Balaban J connectivity index is 1.51. The molecular weight excluding hydrogens is 350 g/mol. The van der Waals surface area contributed by atoms with Crippen LogP contribution in [-0.4, -0.2) is 18.6 Å². The molecule has 4 heteroatoms. The van der Waals surface area contributed by atoms with Gasteiger partial charge in [0.05, 0.1) is 7.11 Å². The predicted octanol–water partition coefficient (Wildman–Crippen LogP) is 4.63. The quantitative estimate of drug-likeness (QED) is 0.624. The summed E-state index contributed by atoms with van der Waals surface area (Å²) in [5.74, 6) is 0.894. The van der Waals surface area contributed by atoms with Crippen molar-refractivity contribution in [1.29, 1.82) is 0 Å². The van der Waals surface area contributed by atoms with E-state index in [1.165, 1.54) is 23.1 Å². The number of aryl methyl sites for hydroxylation is 2. The van der Waals surface area contributed by atoms with E-state index in [0.29, 0.717) is 6.04 Å². The van der Waals surface area contributed by atoms with E-state index in [4.69, 9.17) is 9.15 Å². The molecule has 2 aliphatic rings. The maximum atomic E-state index is 12.2. The highest BCUT2D eigenvalue weighted by Gasteiger charge is 2.27. The monoisotopic (exact) mass is 375 g/mol. The number of methoxy groups -OCH3 is 1. The predicted molar refractivity (Wildman–Crippen MR) is 110 cm³/mol. The molecule has 5 rings (SSSR count). The summed E-state index contributed by atoms with van der Waals surface area (Å²) in [6, 6.07) is 14.7. The minimum atomic E-state index is -0.252. The van der Waals surface area contributed by atoms with Gasteiger partial charge in [0.25, 0.3) is 0 Å². The second-order valence-electron chi connectivity index (χ2n) is 7.97. The van der Waals surface area contributed by atoms with Crippen molar-refractivity contribution in [3.8, 4) is 5.75 Å². The molecular formula is C24H25NO3. The van der Waals surface area contributed by atoms with E-state index in [1.54, 1.807) is 13.2 Å². The summed E-state index contributed by atoms with van der Waals surface area (Å²) in [6.45, 7) is 1.80. The van der Waals surface area contributed by atoms with Crippen LogP contribution in [0.2, 0.25) is 0 Å². The Morgan fingerprint density at radius 3 is 2.82 bits per heavy atom. The highest BCUT2D eigenvalue weighted by atomic mass is 16.5. The zero-order valence-corrected chi connectivity index (χ0v) is 16.2. The number of nitrogens with zero attached hydrogens (tertiary/aromatic N) is 1. The lowest BCUT2D eigenvalue weighted by atomic mass is 10.0. The van der Waals surface area contributed by atoms with Gasteiger partial charge in [-0.2, -0.15) is 0 Å².